The van der Waals surface area contributed by atoms with Gasteiger partial charge in [-0.05, 0) is 13.0 Å². The van der Waals surface area contributed by atoms with E-state index in [1.54, 1.807) is 18.2 Å². The molecule has 18 heavy (non-hydrogen) atoms. The molecule has 5 heteroatoms. The SMILES string of the molecule is CC(=O)c1ccc(C2=NNC(=O)CC2C)c(N)c1. The van der Waals surface area contributed by atoms with Gasteiger partial charge in [0.05, 0.1) is 5.71 Å². The van der Waals surface area contributed by atoms with E-state index >= 15 is 0 Å². The van der Waals surface area contributed by atoms with Gasteiger partial charge in [0.15, 0.2) is 5.78 Å². The predicted octanol–water partition coefficient (Wildman–Crippen LogP) is 1.33. The van der Waals surface area contributed by atoms with Gasteiger partial charge >= 0.3 is 0 Å². The summed E-state index contributed by atoms with van der Waals surface area (Å²) in [5, 5.41) is 4.05. The minimum absolute atomic E-state index is 0.0178. The molecule has 1 heterocycles. The number of anilines is 1. The molecule has 1 aliphatic rings. The van der Waals surface area contributed by atoms with Crippen LogP contribution in [0, 0.1) is 5.92 Å². The summed E-state index contributed by atoms with van der Waals surface area (Å²) in [7, 11) is 0. The lowest BCUT2D eigenvalue weighted by Crippen LogP contribution is -2.32. The molecular weight excluding hydrogens is 230 g/mol. The van der Waals surface area contributed by atoms with E-state index in [4.69, 9.17) is 5.73 Å². The molecule has 0 spiro atoms. The van der Waals surface area contributed by atoms with E-state index in [9.17, 15) is 9.59 Å². The van der Waals surface area contributed by atoms with Crippen molar-refractivity contribution in [2.45, 2.75) is 20.3 Å². The number of amides is 1. The number of hydrogen-bond acceptors (Lipinski definition) is 4. The molecule has 3 N–H and O–H groups in total. The summed E-state index contributed by atoms with van der Waals surface area (Å²) >= 11 is 0. The summed E-state index contributed by atoms with van der Waals surface area (Å²) in [6.45, 7) is 3.42. The third kappa shape index (κ3) is 2.25. The molecule has 1 amide bonds. The van der Waals surface area contributed by atoms with Crippen LogP contribution in [0.1, 0.15) is 36.2 Å². The second-order valence-electron chi connectivity index (χ2n) is 4.50. The number of benzene rings is 1. The standard InChI is InChI=1S/C13H15N3O2/c1-7-5-12(18)15-16-13(7)10-4-3-9(8(2)17)6-11(10)14/h3-4,6-7H,5,14H2,1-2H3,(H,15,18). The summed E-state index contributed by atoms with van der Waals surface area (Å²) in [4.78, 5) is 22.4. The summed E-state index contributed by atoms with van der Waals surface area (Å²) in [6.07, 6.45) is 0.396. The van der Waals surface area contributed by atoms with E-state index in [1.165, 1.54) is 6.92 Å². The number of ketones is 1. The zero-order chi connectivity index (χ0) is 13.3. The van der Waals surface area contributed by atoms with Crippen LogP contribution in [0.3, 0.4) is 0 Å². The number of carbonyl (C=O) groups is 2. The van der Waals surface area contributed by atoms with Crippen LogP contribution in [0.25, 0.3) is 0 Å². The number of hydrazone groups is 1. The zero-order valence-electron chi connectivity index (χ0n) is 10.4. The van der Waals surface area contributed by atoms with Crippen molar-refractivity contribution >= 4 is 23.1 Å². The third-order valence-corrected chi connectivity index (χ3v) is 2.99. The van der Waals surface area contributed by atoms with Crippen LogP contribution in [0.2, 0.25) is 0 Å². The van der Waals surface area contributed by atoms with E-state index < -0.39 is 0 Å². The maximum Gasteiger partial charge on any atom is 0.240 e. The molecule has 0 saturated carbocycles. The highest BCUT2D eigenvalue weighted by molar-refractivity contribution is 6.09. The summed E-state index contributed by atoms with van der Waals surface area (Å²) in [5.41, 5.74) is 11.0. The minimum atomic E-state index is -0.0924. The van der Waals surface area contributed by atoms with Crippen molar-refractivity contribution in [2.75, 3.05) is 5.73 Å². The minimum Gasteiger partial charge on any atom is -0.398 e. The molecular formula is C13H15N3O2. The topological polar surface area (TPSA) is 84.5 Å². The van der Waals surface area contributed by atoms with Gasteiger partial charge in [-0.3, -0.25) is 9.59 Å². The van der Waals surface area contributed by atoms with Crippen molar-refractivity contribution in [3.8, 4) is 0 Å². The first kappa shape index (κ1) is 12.3. The van der Waals surface area contributed by atoms with Crippen LogP contribution in [-0.4, -0.2) is 17.4 Å². The van der Waals surface area contributed by atoms with E-state index in [0.29, 0.717) is 17.7 Å². The van der Waals surface area contributed by atoms with Crippen LogP contribution >= 0.6 is 0 Å². The number of nitrogens with one attached hydrogen (secondary N) is 1. The number of Topliss-reactive ketones (excluding diaryl/α,β-unsaturated/α-hetero) is 1. The molecule has 1 atom stereocenters. The molecule has 0 bridgehead atoms. The first-order chi connectivity index (χ1) is 8.49. The van der Waals surface area contributed by atoms with Crippen molar-refractivity contribution in [3.63, 3.8) is 0 Å². The highest BCUT2D eigenvalue weighted by Gasteiger charge is 2.23. The van der Waals surface area contributed by atoms with Crippen LogP contribution in [0.4, 0.5) is 5.69 Å². The number of hydrogen-bond donors (Lipinski definition) is 2. The molecule has 2 rings (SSSR count). The number of rotatable bonds is 2. The molecule has 0 aromatic heterocycles. The fourth-order valence-electron chi connectivity index (χ4n) is 1.99. The number of nitrogen functional groups attached to an aromatic ring is 1. The highest BCUT2D eigenvalue weighted by atomic mass is 16.2. The largest absolute Gasteiger partial charge is 0.398 e. The molecule has 1 aliphatic heterocycles. The quantitative estimate of drug-likeness (QED) is 0.609. The number of carbonyl (C=O) groups excluding carboxylic acids is 2. The first-order valence-electron chi connectivity index (χ1n) is 5.76. The van der Waals surface area contributed by atoms with Crippen molar-refractivity contribution < 1.29 is 9.59 Å². The van der Waals surface area contributed by atoms with E-state index in [1.807, 2.05) is 6.92 Å². The molecule has 0 aliphatic carbocycles. The number of nitrogens with zero attached hydrogens (tertiary/aromatic N) is 1. The van der Waals surface area contributed by atoms with Gasteiger partial charge in [-0.1, -0.05) is 19.1 Å². The second-order valence-corrected chi connectivity index (χ2v) is 4.50. The summed E-state index contributed by atoms with van der Waals surface area (Å²) < 4.78 is 0. The van der Waals surface area contributed by atoms with Crippen LogP contribution in [0.15, 0.2) is 23.3 Å². The molecule has 0 fully saturated rings. The van der Waals surface area contributed by atoms with E-state index in [0.717, 1.165) is 11.3 Å². The predicted molar refractivity (Wildman–Crippen MR) is 69.3 cm³/mol. The third-order valence-electron chi connectivity index (χ3n) is 2.99. The maximum atomic E-state index is 11.2. The normalized spacial score (nSPS) is 19.1. The van der Waals surface area contributed by atoms with Gasteiger partial charge in [0.1, 0.15) is 0 Å². The molecule has 0 radical (unpaired) electrons. The molecule has 5 nitrogen and oxygen atoms in total. The Morgan fingerprint density at radius 2 is 2.22 bits per heavy atom. The van der Waals surface area contributed by atoms with Gasteiger partial charge in [-0.2, -0.15) is 5.10 Å². The molecule has 0 saturated heterocycles. The highest BCUT2D eigenvalue weighted by Crippen LogP contribution is 2.22. The van der Waals surface area contributed by atoms with Crippen LogP contribution < -0.4 is 11.2 Å². The first-order valence-corrected chi connectivity index (χ1v) is 5.76. The van der Waals surface area contributed by atoms with Gasteiger partial charge < -0.3 is 5.73 Å². The average molecular weight is 245 g/mol. The van der Waals surface area contributed by atoms with E-state index in [-0.39, 0.29) is 17.6 Å². The Hall–Kier alpha value is -2.17. The van der Waals surface area contributed by atoms with Crippen molar-refractivity contribution in [3.05, 3.63) is 29.3 Å². The van der Waals surface area contributed by atoms with E-state index in [2.05, 4.69) is 10.5 Å². The Bertz CT molecular complexity index is 549. The van der Waals surface area contributed by atoms with Crippen LogP contribution in [-0.2, 0) is 4.79 Å². The van der Waals surface area contributed by atoms with Crippen molar-refractivity contribution in [2.24, 2.45) is 11.0 Å². The Labute approximate surface area is 105 Å². The monoisotopic (exact) mass is 245 g/mol. The molecule has 94 valence electrons. The van der Waals surface area contributed by atoms with Crippen molar-refractivity contribution in [1.82, 2.24) is 5.43 Å². The van der Waals surface area contributed by atoms with Crippen molar-refractivity contribution in [1.29, 1.82) is 0 Å². The fourth-order valence-corrected chi connectivity index (χ4v) is 1.99. The Morgan fingerprint density at radius 1 is 1.50 bits per heavy atom. The Morgan fingerprint density at radius 3 is 2.78 bits per heavy atom. The van der Waals surface area contributed by atoms with Crippen LogP contribution in [0.5, 0.6) is 0 Å². The molecule has 1 aromatic rings. The Balaban J connectivity index is 2.40. The smallest absolute Gasteiger partial charge is 0.240 e. The molecule has 1 unspecified atom stereocenters. The van der Waals surface area contributed by atoms with Gasteiger partial charge in [-0.25, -0.2) is 5.43 Å². The average Bonchev–Trinajstić information content (AvgIpc) is 2.30. The van der Waals surface area contributed by atoms with Gasteiger partial charge in [-0.15, -0.1) is 0 Å². The fraction of sp³-hybridized carbons (Fsp3) is 0.308. The van der Waals surface area contributed by atoms with Gasteiger partial charge in [0, 0.05) is 29.2 Å². The second kappa shape index (κ2) is 4.60. The van der Waals surface area contributed by atoms with Gasteiger partial charge in [0.2, 0.25) is 5.91 Å². The Kier molecular flexibility index (Phi) is 3.14. The summed E-state index contributed by atoms with van der Waals surface area (Å²) in [5.74, 6) is -0.102. The lowest BCUT2D eigenvalue weighted by molar-refractivity contribution is -0.121. The zero-order valence-corrected chi connectivity index (χ0v) is 10.4. The molecule has 1 aromatic carbocycles. The number of nitrogens with two attached hydrogens (primary N) is 1. The lowest BCUT2D eigenvalue weighted by atomic mass is 9.92. The maximum absolute atomic E-state index is 11.2. The summed E-state index contributed by atoms with van der Waals surface area (Å²) in [6, 6.07) is 5.14. The van der Waals surface area contributed by atoms with Gasteiger partial charge in [0.25, 0.3) is 0 Å². The lowest BCUT2D eigenvalue weighted by Gasteiger charge is -2.20.